The van der Waals surface area contributed by atoms with E-state index < -0.39 is 18.2 Å². The summed E-state index contributed by atoms with van der Waals surface area (Å²) in [6.45, 7) is 6.49. The van der Waals surface area contributed by atoms with Gasteiger partial charge in [-0.3, -0.25) is 9.59 Å². The molecule has 0 aliphatic rings. The monoisotopic (exact) mass is 794 g/mol. The Balaban J connectivity index is 4.51. The summed E-state index contributed by atoms with van der Waals surface area (Å²) in [5, 5.41) is 23.7. The zero-order valence-corrected chi connectivity index (χ0v) is 38.0. The van der Waals surface area contributed by atoms with Crippen LogP contribution in [0.15, 0.2) is 0 Å². The largest absolute Gasteiger partial charge is 0.462 e. The van der Waals surface area contributed by atoms with Gasteiger partial charge in [0.25, 0.3) is 0 Å². The maximum absolute atomic E-state index is 13.2. The summed E-state index contributed by atoms with van der Waals surface area (Å²) in [5.74, 6) is -0.453. The molecule has 6 heteroatoms. The third-order valence-electron chi connectivity index (χ3n) is 11.9. The molecule has 3 N–H and O–H groups in total. The number of carbonyl (C=O) groups is 2. The summed E-state index contributed by atoms with van der Waals surface area (Å²) in [7, 11) is 0. The van der Waals surface area contributed by atoms with Gasteiger partial charge in [-0.05, 0) is 25.7 Å². The zero-order valence-electron chi connectivity index (χ0n) is 38.0. The van der Waals surface area contributed by atoms with Gasteiger partial charge in [0, 0.05) is 6.42 Å². The summed E-state index contributed by atoms with van der Waals surface area (Å²) >= 11 is 0. The van der Waals surface area contributed by atoms with Gasteiger partial charge in [-0.1, -0.05) is 245 Å². The molecule has 0 rings (SSSR count). The van der Waals surface area contributed by atoms with Crippen LogP contribution in [-0.4, -0.2) is 46.9 Å². The van der Waals surface area contributed by atoms with Gasteiger partial charge < -0.3 is 20.3 Å². The standard InChI is InChI=1S/C50H99NO5/c1-4-7-10-13-16-19-21-23-24-25-26-27-30-32-35-38-41-46(56-50(55)43-40-37-34-31-28-22-20-17-14-11-8-5-2)44-49(54)51-47(45-52)48(53)42-39-36-33-29-18-15-12-9-6-3/h46-48,52-53H,4-45H2,1-3H3,(H,51,54). The Morgan fingerprint density at radius 1 is 0.446 bits per heavy atom. The highest BCUT2D eigenvalue weighted by atomic mass is 16.5. The summed E-state index contributed by atoms with van der Waals surface area (Å²) in [4.78, 5) is 26.1. The molecule has 0 aliphatic heterocycles. The summed E-state index contributed by atoms with van der Waals surface area (Å²) in [6, 6.07) is -0.690. The molecule has 56 heavy (non-hydrogen) atoms. The lowest BCUT2D eigenvalue weighted by molar-refractivity contribution is -0.151. The number of esters is 1. The third-order valence-corrected chi connectivity index (χ3v) is 11.9. The SMILES string of the molecule is CCCCCCCCCCCCCCCCCCC(CC(=O)NC(CO)C(O)CCCCCCCCCCC)OC(=O)CCCCCCCCCCCCCC. The van der Waals surface area contributed by atoms with Crippen molar-refractivity contribution < 1.29 is 24.5 Å². The number of aliphatic hydroxyl groups excluding tert-OH is 2. The van der Waals surface area contributed by atoms with Gasteiger partial charge in [-0.2, -0.15) is 0 Å². The van der Waals surface area contributed by atoms with E-state index in [9.17, 15) is 19.8 Å². The van der Waals surface area contributed by atoms with Gasteiger partial charge in [0.1, 0.15) is 6.10 Å². The molecular formula is C50H99NO5. The maximum Gasteiger partial charge on any atom is 0.306 e. The van der Waals surface area contributed by atoms with Crippen LogP contribution < -0.4 is 5.32 Å². The van der Waals surface area contributed by atoms with Crippen molar-refractivity contribution in [2.45, 2.75) is 302 Å². The highest BCUT2D eigenvalue weighted by Crippen LogP contribution is 2.19. The van der Waals surface area contributed by atoms with Crippen molar-refractivity contribution in [2.75, 3.05) is 6.61 Å². The lowest BCUT2D eigenvalue weighted by atomic mass is 10.0. The van der Waals surface area contributed by atoms with Crippen molar-refractivity contribution in [1.29, 1.82) is 0 Å². The number of aliphatic hydroxyl groups is 2. The number of carbonyl (C=O) groups excluding carboxylic acids is 2. The van der Waals surface area contributed by atoms with Gasteiger partial charge in [-0.25, -0.2) is 0 Å². The number of nitrogens with one attached hydrogen (secondary N) is 1. The summed E-state index contributed by atoms with van der Waals surface area (Å²) < 4.78 is 5.93. The number of hydrogen-bond donors (Lipinski definition) is 3. The van der Waals surface area contributed by atoms with Crippen LogP contribution >= 0.6 is 0 Å². The van der Waals surface area contributed by atoms with Crippen molar-refractivity contribution in [3.05, 3.63) is 0 Å². The number of unbranched alkanes of at least 4 members (excludes halogenated alkanes) is 34. The van der Waals surface area contributed by atoms with E-state index in [0.29, 0.717) is 19.3 Å². The smallest absolute Gasteiger partial charge is 0.306 e. The Morgan fingerprint density at radius 2 is 0.750 bits per heavy atom. The highest BCUT2D eigenvalue weighted by Gasteiger charge is 2.24. The molecule has 334 valence electrons. The van der Waals surface area contributed by atoms with E-state index in [2.05, 4.69) is 26.1 Å². The van der Waals surface area contributed by atoms with Crippen LogP contribution in [0.4, 0.5) is 0 Å². The molecule has 0 aliphatic carbocycles. The van der Waals surface area contributed by atoms with Crippen LogP contribution in [0.1, 0.15) is 284 Å². The van der Waals surface area contributed by atoms with Crippen molar-refractivity contribution in [3.8, 4) is 0 Å². The summed E-state index contributed by atoms with van der Waals surface area (Å²) in [5.41, 5.74) is 0. The first-order valence-corrected chi connectivity index (χ1v) is 25.3. The third kappa shape index (κ3) is 39.7. The van der Waals surface area contributed by atoms with Crippen LogP contribution in [-0.2, 0) is 14.3 Å². The highest BCUT2D eigenvalue weighted by molar-refractivity contribution is 5.77. The van der Waals surface area contributed by atoms with E-state index in [1.165, 1.54) is 193 Å². The van der Waals surface area contributed by atoms with Crippen LogP contribution in [0, 0.1) is 0 Å². The van der Waals surface area contributed by atoms with Crippen LogP contribution in [0.5, 0.6) is 0 Å². The fourth-order valence-electron chi connectivity index (χ4n) is 8.08. The van der Waals surface area contributed by atoms with E-state index in [1.54, 1.807) is 0 Å². The van der Waals surface area contributed by atoms with E-state index >= 15 is 0 Å². The minimum absolute atomic E-state index is 0.0875. The molecule has 6 nitrogen and oxygen atoms in total. The summed E-state index contributed by atoms with van der Waals surface area (Å²) in [6.07, 6.45) is 47.4. The first-order valence-electron chi connectivity index (χ1n) is 25.3. The molecule has 1 amide bonds. The van der Waals surface area contributed by atoms with Crippen LogP contribution in [0.2, 0.25) is 0 Å². The molecule has 0 radical (unpaired) electrons. The number of rotatable bonds is 46. The topological polar surface area (TPSA) is 95.9 Å². The Morgan fingerprint density at radius 3 is 1.09 bits per heavy atom. The fraction of sp³-hybridized carbons (Fsp3) is 0.960. The molecule has 0 fully saturated rings. The number of ether oxygens (including phenoxy) is 1. The Labute approximate surface area is 349 Å². The quantitative estimate of drug-likeness (QED) is 0.0421. The predicted octanol–water partition coefficient (Wildman–Crippen LogP) is 14.8. The first-order chi connectivity index (χ1) is 27.5. The van der Waals surface area contributed by atoms with Crippen molar-refractivity contribution in [1.82, 2.24) is 5.32 Å². The molecule has 0 aromatic carbocycles. The van der Waals surface area contributed by atoms with Crippen LogP contribution in [0.25, 0.3) is 0 Å². The molecule has 3 atom stereocenters. The van der Waals surface area contributed by atoms with Gasteiger partial charge in [0.05, 0.1) is 25.2 Å². The van der Waals surface area contributed by atoms with E-state index in [4.69, 9.17) is 4.74 Å². The van der Waals surface area contributed by atoms with Crippen molar-refractivity contribution in [2.24, 2.45) is 0 Å². The number of amides is 1. The van der Waals surface area contributed by atoms with Gasteiger partial charge in [0.2, 0.25) is 5.91 Å². The fourth-order valence-corrected chi connectivity index (χ4v) is 8.08. The van der Waals surface area contributed by atoms with Crippen molar-refractivity contribution in [3.63, 3.8) is 0 Å². The first kappa shape index (κ1) is 54.9. The van der Waals surface area contributed by atoms with Gasteiger partial charge in [-0.15, -0.1) is 0 Å². The van der Waals surface area contributed by atoms with E-state index in [0.717, 1.165) is 44.9 Å². The molecule has 0 aromatic rings. The average molecular weight is 794 g/mol. The predicted molar refractivity (Wildman–Crippen MR) is 241 cm³/mol. The molecule has 0 bridgehead atoms. The lowest BCUT2D eigenvalue weighted by Gasteiger charge is -2.24. The molecule has 3 unspecified atom stereocenters. The molecule has 0 saturated heterocycles. The zero-order chi connectivity index (χ0) is 41.0. The van der Waals surface area contributed by atoms with Gasteiger partial charge in [0.15, 0.2) is 0 Å². The molecule has 0 aromatic heterocycles. The Kier molecular flexibility index (Phi) is 44.0. The minimum atomic E-state index is -0.777. The minimum Gasteiger partial charge on any atom is -0.462 e. The second-order valence-corrected chi connectivity index (χ2v) is 17.6. The Bertz CT molecular complexity index is 806. The van der Waals surface area contributed by atoms with E-state index in [-0.39, 0.29) is 24.9 Å². The molecule has 0 spiro atoms. The van der Waals surface area contributed by atoms with Crippen LogP contribution in [0.3, 0.4) is 0 Å². The van der Waals surface area contributed by atoms with Crippen molar-refractivity contribution >= 4 is 11.9 Å². The number of hydrogen-bond acceptors (Lipinski definition) is 5. The maximum atomic E-state index is 13.2. The lowest BCUT2D eigenvalue weighted by Crippen LogP contribution is -2.46. The molecule has 0 saturated carbocycles. The normalized spacial score (nSPS) is 13.2. The van der Waals surface area contributed by atoms with Gasteiger partial charge >= 0.3 is 5.97 Å². The molecular weight excluding hydrogens is 695 g/mol. The second-order valence-electron chi connectivity index (χ2n) is 17.6. The average Bonchev–Trinajstić information content (AvgIpc) is 3.19. The molecule has 0 heterocycles. The van der Waals surface area contributed by atoms with E-state index in [1.807, 2.05) is 0 Å². The second kappa shape index (κ2) is 45.0. The Hall–Kier alpha value is -1.14.